The number of primary amides is 1. The van der Waals surface area contributed by atoms with Crippen LogP contribution in [-0.2, 0) is 4.79 Å². The van der Waals surface area contributed by atoms with Gasteiger partial charge in [-0.25, -0.2) is 0 Å². The maximum Gasteiger partial charge on any atom is 0.220 e. The third-order valence-corrected chi connectivity index (χ3v) is 2.00. The fraction of sp³-hybridized carbons (Fsp3) is 0.857. The topological polar surface area (TPSA) is 43.1 Å². The van der Waals surface area contributed by atoms with E-state index in [1.165, 1.54) is 12.8 Å². The first-order valence-electron chi connectivity index (χ1n) is 3.55. The van der Waals surface area contributed by atoms with Crippen LogP contribution in [0.4, 0.5) is 0 Å². The highest BCUT2D eigenvalue weighted by Crippen LogP contribution is 2.37. The average Bonchev–Trinajstić information content (AvgIpc) is 2.50. The Kier molecular flexibility index (Phi) is 3.72. The summed E-state index contributed by atoms with van der Waals surface area (Å²) in [5.41, 5.74) is 5.15. The fourth-order valence-electron chi connectivity index (χ4n) is 1.27. The first-order valence-corrected chi connectivity index (χ1v) is 3.55. The molecule has 0 radical (unpaired) electrons. The molecule has 1 rings (SSSR count). The van der Waals surface area contributed by atoms with Crippen LogP contribution in [0.1, 0.15) is 26.2 Å². The van der Waals surface area contributed by atoms with Gasteiger partial charge in [0.2, 0.25) is 5.91 Å². The van der Waals surface area contributed by atoms with Crippen molar-refractivity contribution in [2.75, 3.05) is 0 Å². The highest BCUT2D eigenvalue weighted by molar-refractivity contribution is 5.85. The lowest BCUT2D eigenvalue weighted by molar-refractivity contribution is -0.122. The largest absolute Gasteiger partial charge is 0.369 e. The zero-order valence-corrected chi connectivity index (χ0v) is 6.99. The summed E-state index contributed by atoms with van der Waals surface area (Å²) in [5.74, 6) is 0.692. The Hall–Kier alpha value is -0.240. The lowest BCUT2D eigenvalue weighted by Gasteiger charge is -2.06. The zero-order chi connectivity index (χ0) is 6.85. The monoisotopic (exact) mass is 163 g/mol. The van der Waals surface area contributed by atoms with Gasteiger partial charge >= 0.3 is 0 Å². The van der Waals surface area contributed by atoms with Crippen molar-refractivity contribution in [1.29, 1.82) is 0 Å². The molecule has 2 nitrogen and oxygen atoms in total. The van der Waals surface area contributed by atoms with E-state index in [0.29, 0.717) is 5.92 Å². The van der Waals surface area contributed by atoms with E-state index in [1.54, 1.807) is 0 Å². The number of amides is 1. The van der Waals surface area contributed by atoms with Crippen LogP contribution < -0.4 is 5.73 Å². The van der Waals surface area contributed by atoms with Gasteiger partial charge in [-0.15, -0.1) is 12.4 Å². The molecule has 0 aromatic carbocycles. The van der Waals surface area contributed by atoms with E-state index in [-0.39, 0.29) is 24.2 Å². The number of nitrogens with two attached hydrogens (primary N) is 1. The summed E-state index contributed by atoms with van der Waals surface area (Å²) in [6.07, 6.45) is 3.34. The molecular weight excluding hydrogens is 150 g/mol. The molecule has 0 saturated heterocycles. The molecule has 1 fully saturated rings. The molecule has 1 aliphatic carbocycles. The summed E-state index contributed by atoms with van der Waals surface area (Å²) in [6, 6.07) is 0. The predicted molar refractivity (Wildman–Crippen MR) is 42.9 cm³/mol. The Balaban J connectivity index is 0.000000810. The van der Waals surface area contributed by atoms with Crippen molar-refractivity contribution in [2.24, 2.45) is 17.6 Å². The number of rotatable bonds is 3. The van der Waals surface area contributed by atoms with Crippen LogP contribution in [0.25, 0.3) is 0 Å². The van der Waals surface area contributed by atoms with Crippen molar-refractivity contribution in [3.63, 3.8) is 0 Å². The lowest BCUT2D eigenvalue weighted by atomic mass is 10.0. The highest BCUT2D eigenvalue weighted by Gasteiger charge is 2.33. The molecule has 0 aromatic rings. The smallest absolute Gasteiger partial charge is 0.220 e. The van der Waals surface area contributed by atoms with Crippen LogP contribution in [0.5, 0.6) is 0 Å². The van der Waals surface area contributed by atoms with Crippen LogP contribution >= 0.6 is 12.4 Å². The second kappa shape index (κ2) is 3.81. The van der Waals surface area contributed by atoms with Gasteiger partial charge in [-0.2, -0.15) is 0 Å². The molecule has 0 bridgehead atoms. The minimum atomic E-state index is -0.111. The average molecular weight is 164 g/mol. The molecule has 10 heavy (non-hydrogen) atoms. The molecule has 0 spiro atoms. The van der Waals surface area contributed by atoms with E-state index in [9.17, 15) is 4.79 Å². The van der Waals surface area contributed by atoms with E-state index in [1.807, 2.05) is 6.92 Å². The second-order valence-electron chi connectivity index (χ2n) is 2.75. The molecule has 1 aliphatic rings. The van der Waals surface area contributed by atoms with Gasteiger partial charge in [-0.1, -0.05) is 6.92 Å². The van der Waals surface area contributed by atoms with E-state index in [2.05, 4.69) is 0 Å². The van der Waals surface area contributed by atoms with Gasteiger partial charge in [-0.3, -0.25) is 4.79 Å². The minimum absolute atomic E-state index is 0. The molecule has 1 atom stereocenters. The highest BCUT2D eigenvalue weighted by atomic mass is 35.5. The van der Waals surface area contributed by atoms with Gasteiger partial charge in [0.25, 0.3) is 0 Å². The van der Waals surface area contributed by atoms with Crippen LogP contribution in [0.3, 0.4) is 0 Å². The minimum Gasteiger partial charge on any atom is -0.369 e. The predicted octanol–water partition coefficient (Wildman–Crippen LogP) is 1.33. The molecule has 1 saturated carbocycles. The summed E-state index contributed by atoms with van der Waals surface area (Å²) in [6.45, 7) is 2.02. The summed E-state index contributed by atoms with van der Waals surface area (Å²) in [4.78, 5) is 10.6. The third-order valence-electron chi connectivity index (χ3n) is 2.00. The van der Waals surface area contributed by atoms with Crippen LogP contribution in [0.2, 0.25) is 0 Å². The Morgan fingerprint density at radius 1 is 1.70 bits per heavy atom. The van der Waals surface area contributed by atoms with Crippen LogP contribution in [0.15, 0.2) is 0 Å². The molecule has 2 N–H and O–H groups in total. The van der Waals surface area contributed by atoms with Crippen LogP contribution in [0, 0.1) is 11.8 Å². The van der Waals surface area contributed by atoms with Gasteiger partial charge < -0.3 is 5.73 Å². The molecule has 0 aliphatic heterocycles. The summed E-state index contributed by atoms with van der Waals surface area (Å²) < 4.78 is 0. The van der Waals surface area contributed by atoms with Gasteiger partial charge in [0, 0.05) is 5.92 Å². The van der Waals surface area contributed by atoms with E-state index in [4.69, 9.17) is 5.73 Å². The standard InChI is InChI=1S/C7H13NO.ClH/c1-2-6(7(8)9)5-3-4-5;/h5-6H,2-4H2,1H3,(H2,8,9);1H. The molecule has 1 unspecified atom stereocenters. The number of carbonyl (C=O) groups is 1. The van der Waals surface area contributed by atoms with Gasteiger partial charge in [-0.05, 0) is 25.2 Å². The Labute approximate surface area is 67.6 Å². The van der Waals surface area contributed by atoms with Crippen molar-refractivity contribution in [1.82, 2.24) is 0 Å². The Morgan fingerprint density at radius 3 is 2.30 bits per heavy atom. The molecule has 1 amide bonds. The SMILES string of the molecule is CCC(C(N)=O)C1CC1.Cl. The van der Waals surface area contributed by atoms with Crippen molar-refractivity contribution in [2.45, 2.75) is 26.2 Å². The quantitative estimate of drug-likeness (QED) is 0.670. The number of hydrogen-bond acceptors (Lipinski definition) is 1. The van der Waals surface area contributed by atoms with Crippen molar-refractivity contribution in [3.8, 4) is 0 Å². The number of hydrogen-bond donors (Lipinski definition) is 1. The lowest BCUT2D eigenvalue weighted by Crippen LogP contribution is -2.23. The maximum absolute atomic E-state index is 10.6. The molecule has 0 heterocycles. The molecule has 60 valence electrons. The Morgan fingerprint density at radius 2 is 2.20 bits per heavy atom. The zero-order valence-electron chi connectivity index (χ0n) is 6.17. The normalized spacial score (nSPS) is 19.3. The molecule has 3 heteroatoms. The van der Waals surface area contributed by atoms with Gasteiger partial charge in [0.15, 0.2) is 0 Å². The van der Waals surface area contributed by atoms with Crippen molar-refractivity contribution in [3.05, 3.63) is 0 Å². The third kappa shape index (κ3) is 2.18. The summed E-state index contributed by atoms with van der Waals surface area (Å²) in [7, 11) is 0. The van der Waals surface area contributed by atoms with Gasteiger partial charge in [0.05, 0.1) is 0 Å². The van der Waals surface area contributed by atoms with Crippen LogP contribution in [-0.4, -0.2) is 5.91 Å². The summed E-state index contributed by atoms with van der Waals surface area (Å²) >= 11 is 0. The maximum atomic E-state index is 10.6. The van der Waals surface area contributed by atoms with Gasteiger partial charge in [0.1, 0.15) is 0 Å². The fourth-order valence-corrected chi connectivity index (χ4v) is 1.27. The van der Waals surface area contributed by atoms with E-state index < -0.39 is 0 Å². The van der Waals surface area contributed by atoms with Crippen molar-refractivity contribution >= 4 is 18.3 Å². The van der Waals surface area contributed by atoms with E-state index >= 15 is 0 Å². The van der Waals surface area contributed by atoms with Crippen molar-refractivity contribution < 1.29 is 4.79 Å². The number of halogens is 1. The van der Waals surface area contributed by atoms with E-state index in [0.717, 1.165) is 6.42 Å². The Bertz CT molecular complexity index is 123. The number of carbonyl (C=O) groups excluding carboxylic acids is 1. The summed E-state index contributed by atoms with van der Waals surface area (Å²) in [5, 5.41) is 0. The first kappa shape index (κ1) is 9.76. The molecule has 0 aromatic heterocycles. The molecular formula is C7H14ClNO. The first-order chi connectivity index (χ1) is 4.25. The second-order valence-corrected chi connectivity index (χ2v) is 2.75.